The molecule has 0 aromatic rings. The van der Waals surface area contributed by atoms with Gasteiger partial charge in [0, 0.05) is 0 Å². The van der Waals surface area contributed by atoms with Crippen molar-refractivity contribution >= 4 is 0 Å². The highest BCUT2D eigenvalue weighted by atomic mass is 13.9. The van der Waals surface area contributed by atoms with Crippen LogP contribution in [0.15, 0.2) is 24.3 Å². The molecule has 0 saturated heterocycles. The van der Waals surface area contributed by atoms with Crippen molar-refractivity contribution in [1.82, 2.24) is 0 Å². The first-order valence-corrected chi connectivity index (χ1v) is 2.27. The molecule has 0 heterocycles. The first-order chi connectivity index (χ1) is 3.13. The Balaban J connectivity index is 3.32. The third-order valence-electron chi connectivity index (χ3n) is 0.552. The zero-order chi connectivity index (χ0) is 5.86. The molecule has 0 atom stereocenters. The van der Waals surface area contributed by atoms with E-state index < -0.39 is 0 Å². The van der Waals surface area contributed by atoms with Gasteiger partial charge in [-0.3, -0.25) is 0 Å². The molecule has 0 unspecified atom stereocenters. The van der Waals surface area contributed by atoms with Crippen LogP contribution in [0.1, 0.15) is 13.3 Å². The molecule has 7 heavy (non-hydrogen) atoms. The fourth-order valence-corrected chi connectivity index (χ4v) is 0.427. The van der Waals surface area contributed by atoms with Crippen LogP contribution in [0.4, 0.5) is 0 Å². The number of hydrogen-bond donors (Lipinski definition) is 0. The van der Waals surface area contributed by atoms with E-state index in [0.29, 0.717) is 0 Å². The monoisotopic (exact) mass is 95.1 g/mol. The summed E-state index contributed by atoms with van der Waals surface area (Å²) in [5.74, 6) is 0. The molecule has 0 aromatic heterocycles. The second-order valence-electron chi connectivity index (χ2n) is 1.88. The Bertz CT molecular complexity index is 76.2. The Morgan fingerprint density at radius 1 is 1.57 bits per heavy atom. The number of hydrogen-bond acceptors (Lipinski definition) is 0. The van der Waals surface area contributed by atoms with E-state index in [9.17, 15) is 0 Å². The molecule has 40 valence electrons. The fraction of sp³-hybridized carbons (Fsp3) is 0.286. The summed E-state index contributed by atoms with van der Waals surface area (Å²) in [6, 6.07) is 0. The van der Waals surface area contributed by atoms with E-state index in [1.165, 1.54) is 0 Å². The molecular weight excluding hydrogens is 84.1 g/mol. The van der Waals surface area contributed by atoms with E-state index in [0.717, 1.165) is 17.6 Å². The molecule has 0 heteroatoms. The smallest absolute Gasteiger partial charge is 0.0409 e. The largest absolute Gasteiger partial charge is 0.242 e. The number of allylic oxidation sites excluding steroid dienone is 2. The average Bonchev–Trinajstić information content (AvgIpc) is 1.27. The Morgan fingerprint density at radius 2 is 2.00 bits per heavy atom. The van der Waals surface area contributed by atoms with Gasteiger partial charge in [0.25, 0.3) is 0 Å². The molecule has 0 aromatic carbocycles. The second-order valence-corrected chi connectivity index (χ2v) is 1.88. The van der Waals surface area contributed by atoms with Crippen molar-refractivity contribution in [2.24, 2.45) is 0 Å². The molecule has 0 aliphatic heterocycles. The summed E-state index contributed by atoms with van der Waals surface area (Å²) >= 11 is 0. The topological polar surface area (TPSA) is 0 Å². The summed E-state index contributed by atoms with van der Waals surface area (Å²) in [4.78, 5) is 0. The van der Waals surface area contributed by atoms with Gasteiger partial charge < -0.3 is 0 Å². The highest BCUT2D eigenvalue weighted by Crippen LogP contribution is 2.02. The van der Waals surface area contributed by atoms with Crippen LogP contribution < -0.4 is 0 Å². The minimum Gasteiger partial charge on any atom is -0.242 e. The van der Waals surface area contributed by atoms with Crippen LogP contribution in [0.2, 0.25) is 0 Å². The van der Waals surface area contributed by atoms with E-state index in [-0.39, 0.29) is 0 Å². The third-order valence-corrected chi connectivity index (χ3v) is 0.552. The van der Waals surface area contributed by atoms with Crippen LogP contribution >= 0.6 is 0 Å². The quantitative estimate of drug-likeness (QED) is 0.365. The molecule has 0 aliphatic rings. The van der Waals surface area contributed by atoms with Gasteiger partial charge in [-0.15, -0.1) is 0 Å². The summed E-state index contributed by atoms with van der Waals surface area (Å²) in [5.41, 5.74) is 2.06. The molecule has 0 rings (SSSR count). The maximum Gasteiger partial charge on any atom is -0.0409 e. The van der Waals surface area contributed by atoms with Gasteiger partial charge in [-0.2, -0.15) is 0 Å². The van der Waals surface area contributed by atoms with E-state index in [2.05, 4.69) is 20.1 Å². The molecule has 0 spiro atoms. The predicted molar refractivity (Wildman–Crippen MR) is 33.9 cm³/mol. The van der Waals surface area contributed by atoms with Crippen LogP contribution in [0.25, 0.3) is 0 Å². The summed E-state index contributed by atoms with van der Waals surface area (Å²) in [5, 5.41) is 0. The summed E-state index contributed by atoms with van der Waals surface area (Å²) in [6.07, 6.45) is 0.861. The maximum absolute atomic E-state index is 3.69. The van der Waals surface area contributed by atoms with Gasteiger partial charge in [-0.25, -0.2) is 19.1 Å². The van der Waals surface area contributed by atoms with Crippen molar-refractivity contribution < 1.29 is 0 Å². The van der Waals surface area contributed by atoms with Gasteiger partial charge in [-0.1, -0.05) is 12.2 Å². The van der Waals surface area contributed by atoms with E-state index >= 15 is 0 Å². The van der Waals surface area contributed by atoms with Crippen LogP contribution in [0, 0.1) is 6.92 Å². The lowest BCUT2D eigenvalue weighted by atomic mass is 10.1. The van der Waals surface area contributed by atoms with Crippen molar-refractivity contribution in [2.75, 3.05) is 0 Å². The van der Waals surface area contributed by atoms with E-state index in [1.54, 1.807) is 0 Å². The first-order valence-electron chi connectivity index (χ1n) is 2.27. The van der Waals surface area contributed by atoms with Crippen molar-refractivity contribution in [3.8, 4) is 0 Å². The van der Waals surface area contributed by atoms with Gasteiger partial charge in [0.2, 0.25) is 0 Å². The van der Waals surface area contributed by atoms with Gasteiger partial charge in [-0.05, 0) is 13.3 Å². The molecule has 0 fully saturated rings. The molecule has 0 nitrogen and oxygen atoms in total. The van der Waals surface area contributed by atoms with E-state index in [4.69, 9.17) is 0 Å². The van der Waals surface area contributed by atoms with Crippen LogP contribution in [0.3, 0.4) is 0 Å². The summed E-state index contributed by atoms with van der Waals surface area (Å²) < 4.78 is 0. The van der Waals surface area contributed by atoms with Crippen LogP contribution in [0.5, 0.6) is 0 Å². The standard InChI is InChI=1S/C7H11/c1-6(2)5-7(3)4/h1-3,5H2,4H3/q-1. The summed E-state index contributed by atoms with van der Waals surface area (Å²) in [7, 11) is 0. The van der Waals surface area contributed by atoms with E-state index in [1.807, 2.05) is 6.92 Å². The SMILES string of the molecule is C=C([CH2-])CC(=C)C. The van der Waals surface area contributed by atoms with Crippen molar-refractivity contribution in [2.45, 2.75) is 13.3 Å². The lowest BCUT2D eigenvalue weighted by Crippen LogP contribution is -1.72. The van der Waals surface area contributed by atoms with Crippen molar-refractivity contribution in [1.29, 1.82) is 0 Å². The summed E-state index contributed by atoms with van der Waals surface area (Å²) in [6.45, 7) is 12.9. The highest BCUT2D eigenvalue weighted by molar-refractivity contribution is 5.08. The minimum absolute atomic E-state index is 0.861. The molecule has 0 radical (unpaired) electrons. The Labute approximate surface area is 45.5 Å². The van der Waals surface area contributed by atoms with Crippen LogP contribution in [-0.4, -0.2) is 0 Å². The normalized spacial score (nSPS) is 8.14. The van der Waals surface area contributed by atoms with Crippen molar-refractivity contribution in [3.05, 3.63) is 31.2 Å². The lowest BCUT2D eigenvalue weighted by molar-refractivity contribution is 1.17. The minimum atomic E-state index is 0.861. The zero-order valence-corrected chi connectivity index (χ0v) is 4.83. The van der Waals surface area contributed by atoms with Gasteiger partial charge in [0.15, 0.2) is 0 Å². The highest BCUT2D eigenvalue weighted by Gasteiger charge is 1.76. The first kappa shape index (κ1) is 6.35. The van der Waals surface area contributed by atoms with Gasteiger partial charge >= 0.3 is 0 Å². The number of rotatable bonds is 2. The van der Waals surface area contributed by atoms with Gasteiger partial charge in [0.05, 0.1) is 0 Å². The lowest BCUT2D eigenvalue weighted by Gasteiger charge is -2.00. The average molecular weight is 95.2 g/mol. The second kappa shape index (κ2) is 2.51. The molecule has 0 bridgehead atoms. The third kappa shape index (κ3) is 5.35. The van der Waals surface area contributed by atoms with Crippen LogP contribution in [-0.2, 0) is 0 Å². The zero-order valence-electron chi connectivity index (χ0n) is 4.83. The molecular formula is C7H11-. The molecule has 0 amide bonds. The van der Waals surface area contributed by atoms with Crippen molar-refractivity contribution in [3.63, 3.8) is 0 Å². The molecule has 0 N–H and O–H groups in total. The Kier molecular flexibility index (Phi) is 2.28. The fourth-order valence-electron chi connectivity index (χ4n) is 0.427. The predicted octanol–water partition coefficient (Wildman–Crippen LogP) is 2.34. The maximum atomic E-state index is 3.69. The Hall–Kier alpha value is -0.650. The molecule has 0 aliphatic carbocycles. The molecule has 0 saturated carbocycles. The van der Waals surface area contributed by atoms with Gasteiger partial charge in [0.1, 0.15) is 0 Å². The Morgan fingerprint density at radius 3 is 2.00 bits per heavy atom.